The second-order valence-corrected chi connectivity index (χ2v) is 4.09. The van der Waals surface area contributed by atoms with Crippen LogP contribution < -0.4 is 11.1 Å². The lowest BCUT2D eigenvalue weighted by atomic mass is 9.98. The van der Waals surface area contributed by atoms with Crippen molar-refractivity contribution >= 4 is 17.8 Å². The number of nitrogens with two attached hydrogens (primary N) is 1. The highest BCUT2D eigenvalue weighted by atomic mass is 16.5. The first-order valence-corrected chi connectivity index (χ1v) is 6.03. The number of rotatable bonds is 8. The standard InChI is InChI=1S/C12H19N3O4/c1-3-19-10(17)5-4-9(16)15-11(12(14)18)8(2)6-7-13/h8,11H,3-6H2,1-2H3,(H2,14,18)(H,15,16)/t8-,11-/m1/s1. The zero-order chi connectivity index (χ0) is 14.8. The van der Waals surface area contributed by atoms with Gasteiger partial charge in [-0.25, -0.2) is 0 Å². The summed E-state index contributed by atoms with van der Waals surface area (Å²) in [5.74, 6) is -2.03. The molecule has 0 rings (SSSR count). The van der Waals surface area contributed by atoms with Crippen molar-refractivity contribution in [1.82, 2.24) is 5.32 Å². The van der Waals surface area contributed by atoms with Crippen molar-refractivity contribution in [2.24, 2.45) is 11.7 Å². The molecule has 0 aromatic rings. The Balaban J connectivity index is 4.29. The van der Waals surface area contributed by atoms with Crippen LogP contribution in [0.3, 0.4) is 0 Å². The van der Waals surface area contributed by atoms with Gasteiger partial charge in [-0.1, -0.05) is 6.92 Å². The Morgan fingerprint density at radius 2 is 2.00 bits per heavy atom. The maximum absolute atomic E-state index is 11.6. The molecule has 0 aromatic heterocycles. The van der Waals surface area contributed by atoms with Crippen LogP contribution in [-0.2, 0) is 19.1 Å². The minimum atomic E-state index is -0.908. The van der Waals surface area contributed by atoms with Crippen LogP contribution in [0.5, 0.6) is 0 Å². The van der Waals surface area contributed by atoms with E-state index in [4.69, 9.17) is 11.0 Å². The Hall–Kier alpha value is -2.10. The smallest absolute Gasteiger partial charge is 0.306 e. The molecule has 0 heterocycles. The third-order valence-electron chi connectivity index (χ3n) is 2.47. The predicted molar refractivity (Wildman–Crippen MR) is 66.4 cm³/mol. The zero-order valence-corrected chi connectivity index (χ0v) is 11.1. The summed E-state index contributed by atoms with van der Waals surface area (Å²) in [7, 11) is 0. The maximum Gasteiger partial charge on any atom is 0.306 e. The van der Waals surface area contributed by atoms with E-state index in [1.165, 1.54) is 0 Å². The summed E-state index contributed by atoms with van der Waals surface area (Å²) in [6.45, 7) is 3.57. The molecule has 0 radical (unpaired) electrons. The third-order valence-corrected chi connectivity index (χ3v) is 2.47. The molecule has 0 spiro atoms. The number of nitrogens with one attached hydrogen (secondary N) is 1. The van der Waals surface area contributed by atoms with Crippen LogP contribution in [0.1, 0.15) is 33.1 Å². The van der Waals surface area contributed by atoms with Gasteiger partial charge in [0.1, 0.15) is 6.04 Å². The summed E-state index contributed by atoms with van der Waals surface area (Å²) in [5, 5.41) is 11.0. The van der Waals surface area contributed by atoms with Gasteiger partial charge in [0.05, 0.1) is 19.1 Å². The highest BCUT2D eigenvalue weighted by Crippen LogP contribution is 2.07. The molecule has 0 aliphatic rings. The van der Waals surface area contributed by atoms with E-state index >= 15 is 0 Å². The molecule has 0 bridgehead atoms. The molecule has 7 heteroatoms. The number of hydrogen-bond acceptors (Lipinski definition) is 5. The second-order valence-electron chi connectivity index (χ2n) is 4.09. The molecule has 0 aromatic carbocycles. The molecule has 0 unspecified atom stereocenters. The van der Waals surface area contributed by atoms with E-state index in [2.05, 4.69) is 10.1 Å². The van der Waals surface area contributed by atoms with Crippen LogP contribution in [0.2, 0.25) is 0 Å². The van der Waals surface area contributed by atoms with E-state index in [1.807, 2.05) is 6.07 Å². The number of nitrogens with zero attached hydrogens (tertiary/aromatic N) is 1. The molecule has 0 saturated heterocycles. The summed E-state index contributed by atoms with van der Waals surface area (Å²) in [5.41, 5.74) is 5.17. The Kier molecular flexibility index (Phi) is 7.93. The summed E-state index contributed by atoms with van der Waals surface area (Å²) in [4.78, 5) is 33.8. The molecule has 19 heavy (non-hydrogen) atoms. The van der Waals surface area contributed by atoms with Crippen molar-refractivity contribution in [1.29, 1.82) is 5.26 Å². The molecule has 0 saturated carbocycles. The van der Waals surface area contributed by atoms with Gasteiger partial charge in [-0.3, -0.25) is 14.4 Å². The average molecular weight is 269 g/mol. The SMILES string of the molecule is CCOC(=O)CCC(=O)N[C@@H](C(N)=O)[C@H](C)CC#N. The average Bonchev–Trinajstić information content (AvgIpc) is 2.33. The van der Waals surface area contributed by atoms with Crippen LogP contribution in [0.25, 0.3) is 0 Å². The minimum Gasteiger partial charge on any atom is -0.466 e. The fourth-order valence-corrected chi connectivity index (χ4v) is 1.45. The number of carbonyl (C=O) groups is 3. The van der Waals surface area contributed by atoms with Crippen LogP contribution in [0.15, 0.2) is 0 Å². The number of ether oxygens (including phenoxy) is 1. The second kappa shape index (κ2) is 8.91. The van der Waals surface area contributed by atoms with Crippen molar-refractivity contribution < 1.29 is 19.1 Å². The van der Waals surface area contributed by atoms with Crippen molar-refractivity contribution in [3.05, 3.63) is 0 Å². The van der Waals surface area contributed by atoms with Crippen molar-refractivity contribution in [2.45, 2.75) is 39.2 Å². The van der Waals surface area contributed by atoms with E-state index in [1.54, 1.807) is 13.8 Å². The first-order valence-electron chi connectivity index (χ1n) is 6.03. The third kappa shape index (κ3) is 7.03. The molecule has 0 aliphatic heterocycles. The largest absolute Gasteiger partial charge is 0.466 e. The monoisotopic (exact) mass is 269 g/mol. The summed E-state index contributed by atoms with van der Waals surface area (Å²) >= 11 is 0. The predicted octanol–water partition coefficient (Wildman–Crippen LogP) is -0.150. The van der Waals surface area contributed by atoms with Gasteiger partial charge in [-0.15, -0.1) is 0 Å². The van der Waals surface area contributed by atoms with Gasteiger partial charge in [0.15, 0.2) is 0 Å². The molecule has 7 nitrogen and oxygen atoms in total. The van der Waals surface area contributed by atoms with E-state index in [0.717, 1.165) is 0 Å². The van der Waals surface area contributed by atoms with E-state index < -0.39 is 23.8 Å². The molecule has 3 N–H and O–H groups in total. The highest BCUT2D eigenvalue weighted by molar-refractivity contribution is 5.88. The first-order chi connectivity index (χ1) is 8.92. The molecule has 0 aliphatic carbocycles. The lowest BCUT2D eigenvalue weighted by Crippen LogP contribution is -2.48. The van der Waals surface area contributed by atoms with Gasteiger partial charge in [0.25, 0.3) is 0 Å². The highest BCUT2D eigenvalue weighted by Gasteiger charge is 2.24. The lowest BCUT2D eigenvalue weighted by Gasteiger charge is -2.20. The Bertz CT molecular complexity index is 376. The summed E-state index contributed by atoms with van der Waals surface area (Å²) in [6.07, 6.45) is -0.0363. The molecule has 2 amide bonds. The van der Waals surface area contributed by atoms with Gasteiger partial charge in [0.2, 0.25) is 11.8 Å². The first kappa shape index (κ1) is 16.9. The molecule has 0 fully saturated rings. The van der Waals surface area contributed by atoms with Gasteiger partial charge in [-0.05, 0) is 12.8 Å². The summed E-state index contributed by atoms with van der Waals surface area (Å²) in [6, 6.07) is 1.00. The van der Waals surface area contributed by atoms with E-state index in [-0.39, 0.29) is 31.8 Å². The minimum absolute atomic E-state index is 0.0578. The van der Waals surface area contributed by atoms with Gasteiger partial charge >= 0.3 is 5.97 Å². The zero-order valence-electron chi connectivity index (χ0n) is 11.1. The molecular formula is C12H19N3O4. The Labute approximate surface area is 112 Å². The normalized spacial score (nSPS) is 12.9. The molecule has 2 atom stereocenters. The number of amides is 2. The summed E-state index contributed by atoms with van der Waals surface area (Å²) < 4.78 is 4.68. The number of hydrogen-bond donors (Lipinski definition) is 2. The van der Waals surface area contributed by atoms with Crippen LogP contribution >= 0.6 is 0 Å². The van der Waals surface area contributed by atoms with Crippen molar-refractivity contribution in [3.63, 3.8) is 0 Å². The van der Waals surface area contributed by atoms with Crippen molar-refractivity contribution in [3.8, 4) is 6.07 Å². The van der Waals surface area contributed by atoms with Crippen LogP contribution in [-0.4, -0.2) is 30.4 Å². The fraction of sp³-hybridized carbons (Fsp3) is 0.667. The van der Waals surface area contributed by atoms with E-state index in [0.29, 0.717) is 0 Å². The van der Waals surface area contributed by atoms with E-state index in [9.17, 15) is 14.4 Å². The van der Waals surface area contributed by atoms with Crippen LogP contribution in [0, 0.1) is 17.2 Å². The Morgan fingerprint density at radius 1 is 1.37 bits per heavy atom. The van der Waals surface area contributed by atoms with Gasteiger partial charge in [0, 0.05) is 12.8 Å². The number of esters is 1. The fourth-order valence-electron chi connectivity index (χ4n) is 1.45. The lowest BCUT2D eigenvalue weighted by molar-refractivity contribution is -0.144. The maximum atomic E-state index is 11.6. The Morgan fingerprint density at radius 3 is 2.47 bits per heavy atom. The number of primary amides is 1. The quantitative estimate of drug-likeness (QED) is 0.593. The van der Waals surface area contributed by atoms with Gasteiger partial charge < -0.3 is 15.8 Å². The van der Waals surface area contributed by atoms with Gasteiger partial charge in [-0.2, -0.15) is 5.26 Å². The number of carbonyl (C=O) groups excluding carboxylic acids is 3. The molecule has 106 valence electrons. The number of nitriles is 1. The van der Waals surface area contributed by atoms with Crippen LogP contribution in [0.4, 0.5) is 0 Å². The topological polar surface area (TPSA) is 122 Å². The van der Waals surface area contributed by atoms with Crippen molar-refractivity contribution in [2.75, 3.05) is 6.61 Å². The molecular weight excluding hydrogens is 250 g/mol.